The fraction of sp³-hybridized carbons (Fsp3) is 0.0164. The van der Waals surface area contributed by atoms with Crippen molar-refractivity contribution in [2.24, 2.45) is 15.0 Å². The van der Waals surface area contributed by atoms with Crippen molar-refractivity contribution >= 4 is 53.6 Å². The first kappa shape index (κ1) is 45.6. The number of nitrogens with zero attached hydrogens (tertiary/aromatic N) is 3. The van der Waals surface area contributed by atoms with E-state index in [1.54, 1.807) is 72.8 Å². The Hall–Kier alpha value is -9.60. The molecular weight excluding hydrogens is 871 g/mol. The van der Waals surface area contributed by atoms with Crippen molar-refractivity contribution in [2.75, 3.05) is 0 Å². The molecule has 0 heterocycles. The van der Waals surface area contributed by atoms with E-state index >= 15 is 0 Å². The van der Waals surface area contributed by atoms with Crippen LogP contribution in [0.15, 0.2) is 233 Å². The van der Waals surface area contributed by atoms with E-state index in [1.165, 1.54) is 0 Å². The maximum Gasteiger partial charge on any atom is 0.335 e. The largest absolute Gasteiger partial charge is 0.478 e. The molecule has 0 aromatic heterocycles. The zero-order valence-corrected chi connectivity index (χ0v) is 37.5. The summed E-state index contributed by atoms with van der Waals surface area (Å²) in [6.07, 6.45) is 5.48. The molecule has 0 atom stereocenters. The molecular formula is C61H43N3O6. The third-order valence-corrected chi connectivity index (χ3v) is 11.9. The van der Waals surface area contributed by atoms with E-state index in [0.29, 0.717) is 0 Å². The van der Waals surface area contributed by atoms with Crippen LogP contribution in [0.1, 0.15) is 70.4 Å². The molecule has 0 amide bonds. The highest BCUT2D eigenvalue weighted by Gasteiger charge is 2.17. The van der Waals surface area contributed by atoms with Gasteiger partial charge in [-0.15, -0.1) is 0 Å². The molecule has 0 unspecified atom stereocenters. The van der Waals surface area contributed by atoms with Gasteiger partial charge in [0.25, 0.3) is 0 Å². The lowest BCUT2D eigenvalue weighted by Gasteiger charge is -2.19. The van der Waals surface area contributed by atoms with Crippen molar-refractivity contribution in [2.45, 2.75) is 5.92 Å². The molecule has 9 aromatic carbocycles. The van der Waals surface area contributed by atoms with Crippen molar-refractivity contribution in [1.29, 1.82) is 0 Å². The number of aromatic carboxylic acids is 3. The smallest absolute Gasteiger partial charge is 0.335 e. The van der Waals surface area contributed by atoms with Crippen LogP contribution >= 0.6 is 0 Å². The average Bonchev–Trinajstić information content (AvgIpc) is 3.41. The zero-order valence-electron chi connectivity index (χ0n) is 37.5. The highest BCUT2D eigenvalue weighted by molar-refractivity contribution is 5.90. The first-order valence-corrected chi connectivity index (χ1v) is 22.4. The summed E-state index contributed by atoms with van der Waals surface area (Å²) in [4.78, 5) is 48.1. The second-order valence-corrected chi connectivity index (χ2v) is 16.5. The van der Waals surface area contributed by atoms with Crippen molar-refractivity contribution < 1.29 is 29.7 Å². The quantitative estimate of drug-likeness (QED) is 0.0689. The summed E-state index contributed by atoms with van der Waals surface area (Å²) in [5.41, 5.74) is 15.0. The summed E-state index contributed by atoms with van der Waals surface area (Å²) < 4.78 is 0. The molecule has 0 radical (unpaired) electrons. The van der Waals surface area contributed by atoms with Crippen molar-refractivity contribution in [1.82, 2.24) is 0 Å². The highest BCUT2D eigenvalue weighted by Crippen LogP contribution is 2.35. The zero-order chi connectivity index (χ0) is 48.4. The predicted octanol–water partition coefficient (Wildman–Crippen LogP) is 14.2. The Morgan fingerprint density at radius 2 is 0.486 bits per heavy atom. The summed E-state index contributed by atoms with van der Waals surface area (Å²) in [5.74, 6) is -2.97. The lowest BCUT2D eigenvalue weighted by atomic mass is 9.85. The van der Waals surface area contributed by atoms with Crippen molar-refractivity contribution in [3.8, 4) is 33.4 Å². The molecule has 9 aromatic rings. The molecule has 3 N–H and O–H groups in total. The van der Waals surface area contributed by atoms with Gasteiger partial charge in [0.05, 0.1) is 33.8 Å². The van der Waals surface area contributed by atoms with Gasteiger partial charge in [0.1, 0.15) is 0 Å². The van der Waals surface area contributed by atoms with Crippen LogP contribution in [-0.2, 0) is 0 Å². The van der Waals surface area contributed by atoms with Gasteiger partial charge in [-0.3, -0.25) is 15.0 Å². The Bertz CT molecular complexity index is 3000. The van der Waals surface area contributed by atoms with Gasteiger partial charge >= 0.3 is 17.9 Å². The van der Waals surface area contributed by atoms with Crippen LogP contribution in [0.25, 0.3) is 33.4 Å². The molecule has 9 rings (SSSR count). The van der Waals surface area contributed by atoms with Crippen LogP contribution in [0.5, 0.6) is 0 Å². The molecule has 0 fully saturated rings. The van der Waals surface area contributed by atoms with E-state index in [1.807, 2.05) is 128 Å². The number of rotatable bonds is 15. The number of carboxylic acid groups (broad SMARTS) is 3. The molecule has 338 valence electrons. The minimum absolute atomic E-state index is 0.111. The van der Waals surface area contributed by atoms with Crippen LogP contribution < -0.4 is 0 Å². The molecule has 0 saturated heterocycles. The summed E-state index contributed by atoms with van der Waals surface area (Å²) in [6.45, 7) is 0. The second-order valence-electron chi connectivity index (χ2n) is 16.5. The molecule has 0 aliphatic rings. The Morgan fingerprint density at radius 1 is 0.286 bits per heavy atom. The van der Waals surface area contributed by atoms with E-state index in [2.05, 4.69) is 36.4 Å². The summed E-state index contributed by atoms with van der Waals surface area (Å²) in [5, 5.41) is 27.7. The fourth-order valence-electron chi connectivity index (χ4n) is 7.98. The SMILES string of the molecule is O=C(O)c1ccc(-c2ccc(C=Nc3ccc(C(c4ccc(N=Cc5ccc(-c6ccc(C(=O)O)cc6)cc5)cc4)c4ccc(N=Cc5ccc(-c6ccc(C(=O)O)cc6)cc5)cc4)cc3)cc2)cc1. The third kappa shape index (κ3) is 11.1. The van der Waals surface area contributed by atoms with E-state index < -0.39 is 17.9 Å². The molecule has 0 aliphatic heterocycles. The van der Waals surface area contributed by atoms with Gasteiger partial charge in [-0.05, 0) is 140 Å². The predicted molar refractivity (Wildman–Crippen MR) is 279 cm³/mol. The number of hydrogen-bond donors (Lipinski definition) is 3. The van der Waals surface area contributed by atoms with Gasteiger partial charge in [0, 0.05) is 24.6 Å². The molecule has 9 heteroatoms. The molecule has 70 heavy (non-hydrogen) atoms. The summed E-state index contributed by atoms with van der Waals surface area (Å²) in [6, 6.07) is 69.1. The number of benzene rings is 9. The van der Waals surface area contributed by atoms with E-state index in [4.69, 9.17) is 15.0 Å². The first-order valence-electron chi connectivity index (χ1n) is 22.4. The molecule has 0 bridgehead atoms. The van der Waals surface area contributed by atoms with Gasteiger partial charge in [-0.1, -0.05) is 146 Å². The van der Waals surface area contributed by atoms with Gasteiger partial charge < -0.3 is 15.3 Å². The van der Waals surface area contributed by atoms with Crippen LogP contribution in [-0.4, -0.2) is 51.9 Å². The normalized spacial score (nSPS) is 11.8. The fourth-order valence-corrected chi connectivity index (χ4v) is 7.98. The van der Waals surface area contributed by atoms with Crippen molar-refractivity contribution in [3.63, 3.8) is 0 Å². The molecule has 0 aliphatic carbocycles. The van der Waals surface area contributed by atoms with Crippen molar-refractivity contribution in [3.05, 3.63) is 268 Å². The Balaban J connectivity index is 0.922. The highest BCUT2D eigenvalue weighted by atomic mass is 16.4. The van der Waals surface area contributed by atoms with Gasteiger partial charge in [0.2, 0.25) is 0 Å². The Morgan fingerprint density at radius 3 is 0.686 bits per heavy atom. The number of carboxylic acids is 3. The lowest BCUT2D eigenvalue weighted by molar-refractivity contribution is 0.0686. The van der Waals surface area contributed by atoms with Crippen LogP contribution in [0, 0.1) is 0 Å². The number of aliphatic imine (C=N–C) groups is 3. The maximum atomic E-state index is 11.3. The topological polar surface area (TPSA) is 149 Å². The minimum atomic E-state index is -0.952. The molecule has 0 saturated carbocycles. The van der Waals surface area contributed by atoms with E-state index in [9.17, 15) is 29.7 Å². The average molecular weight is 914 g/mol. The minimum Gasteiger partial charge on any atom is -0.478 e. The first-order chi connectivity index (χ1) is 34.1. The Labute approximate surface area is 404 Å². The van der Waals surface area contributed by atoms with Gasteiger partial charge in [-0.2, -0.15) is 0 Å². The third-order valence-electron chi connectivity index (χ3n) is 11.9. The summed E-state index contributed by atoms with van der Waals surface area (Å²) >= 11 is 0. The lowest BCUT2D eigenvalue weighted by Crippen LogP contribution is -2.03. The van der Waals surface area contributed by atoms with Gasteiger partial charge in [-0.25, -0.2) is 14.4 Å². The Kier molecular flexibility index (Phi) is 13.6. The second kappa shape index (κ2) is 20.9. The van der Waals surface area contributed by atoms with Crippen LogP contribution in [0.4, 0.5) is 17.1 Å². The maximum absolute atomic E-state index is 11.3. The monoisotopic (exact) mass is 913 g/mol. The van der Waals surface area contributed by atoms with Gasteiger partial charge in [0.15, 0.2) is 0 Å². The standard InChI is InChI=1S/C61H43N3O6/c65-59(66)52-19-13-46(14-20-52)43-7-1-40(2-8-43)37-62-55-31-25-49(26-32-55)58(50-27-33-56(34-28-50)63-38-41-3-9-44(10-4-41)47-15-21-53(22-16-47)60(67)68)51-29-35-57(36-30-51)64-39-42-5-11-45(12-6-42)48-17-23-54(24-18-48)61(69)70/h1-39,58H,(H,65,66)(H,67,68)(H,69,70). The van der Waals surface area contributed by atoms with E-state index in [-0.39, 0.29) is 22.6 Å². The number of hydrogen-bond acceptors (Lipinski definition) is 6. The molecule has 0 spiro atoms. The van der Waals surface area contributed by atoms with E-state index in [0.717, 1.165) is 83.8 Å². The number of carbonyl (C=O) groups is 3. The van der Waals surface area contributed by atoms with Crippen LogP contribution in [0.3, 0.4) is 0 Å². The van der Waals surface area contributed by atoms with Crippen LogP contribution in [0.2, 0.25) is 0 Å². The summed E-state index contributed by atoms with van der Waals surface area (Å²) in [7, 11) is 0. The molecule has 9 nitrogen and oxygen atoms in total.